The number of nitrogens with one attached hydrogen (secondary N) is 2. The van der Waals surface area contributed by atoms with Crippen LogP contribution in [0, 0.1) is 0 Å². The van der Waals surface area contributed by atoms with Gasteiger partial charge in [-0.25, -0.2) is 9.78 Å². The van der Waals surface area contributed by atoms with Gasteiger partial charge in [0, 0.05) is 5.56 Å². The number of aromatic nitrogens is 4. The Morgan fingerprint density at radius 1 is 1.00 bits per heavy atom. The van der Waals surface area contributed by atoms with E-state index in [0.717, 1.165) is 0 Å². The molecule has 9 heteroatoms. The molecule has 0 fully saturated rings. The van der Waals surface area contributed by atoms with Gasteiger partial charge < -0.3 is 5.11 Å². The number of imidazole rings is 1. The second kappa shape index (κ2) is 4.54. The fourth-order valence-electron chi connectivity index (χ4n) is 3.36. The first-order valence-corrected chi connectivity index (χ1v) is 7.56. The van der Waals surface area contributed by atoms with Crippen LogP contribution in [0.2, 0.25) is 0 Å². The van der Waals surface area contributed by atoms with Gasteiger partial charge in [-0.2, -0.15) is 0 Å². The van der Waals surface area contributed by atoms with Crippen molar-refractivity contribution < 1.29 is 14.7 Å². The van der Waals surface area contributed by atoms with Gasteiger partial charge in [-0.1, -0.05) is 0 Å². The summed E-state index contributed by atoms with van der Waals surface area (Å²) >= 11 is 0. The summed E-state index contributed by atoms with van der Waals surface area (Å²) in [7, 11) is 0. The lowest BCUT2D eigenvalue weighted by atomic mass is 10.1. The minimum absolute atomic E-state index is 0.0243. The molecule has 2 aromatic carbocycles. The van der Waals surface area contributed by atoms with Gasteiger partial charge in [0.2, 0.25) is 0 Å². The quantitative estimate of drug-likeness (QED) is 0.412. The molecule has 5 rings (SSSR count). The highest BCUT2D eigenvalue weighted by atomic mass is 16.4. The predicted molar refractivity (Wildman–Crippen MR) is 90.6 cm³/mol. The summed E-state index contributed by atoms with van der Waals surface area (Å²) < 4.78 is 1.33. The largest absolute Gasteiger partial charge is 0.478 e. The first-order chi connectivity index (χ1) is 12.5. The number of rotatable bonds is 1. The molecule has 9 nitrogen and oxygen atoms in total. The van der Waals surface area contributed by atoms with E-state index in [1.165, 1.54) is 28.8 Å². The zero-order valence-corrected chi connectivity index (χ0v) is 12.9. The van der Waals surface area contributed by atoms with E-state index in [4.69, 9.17) is 0 Å². The van der Waals surface area contributed by atoms with E-state index in [0.29, 0.717) is 16.6 Å². The van der Waals surface area contributed by atoms with Gasteiger partial charge in [0.25, 0.3) is 17.0 Å². The van der Waals surface area contributed by atoms with Crippen LogP contribution in [0.3, 0.4) is 0 Å². The van der Waals surface area contributed by atoms with Crippen LogP contribution in [0.15, 0.2) is 39.9 Å². The zero-order valence-electron chi connectivity index (χ0n) is 12.9. The topological polar surface area (TPSA) is 138 Å². The van der Waals surface area contributed by atoms with Crippen LogP contribution in [0.5, 0.6) is 0 Å². The summed E-state index contributed by atoms with van der Waals surface area (Å²) in [6.07, 6.45) is 0. The van der Waals surface area contributed by atoms with Gasteiger partial charge in [-0.15, -0.1) is 0 Å². The SMILES string of the molecule is O=C(O)c1ccc2c(c1)-c1nc3c4c(=O)[nH][nH]c(=O)c4ccc3n1C2=O. The highest BCUT2D eigenvalue weighted by molar-refractivity contribution is 6.16. The van der Waals surface area contributed by atoms with Crippen molar-refractivity contribution in [1.82, 2.24) is 19.7 Å². The molecule has 0 saturated heterocycles. The number of fused-ring (bicyclic) bond motifs is 7. The molecule has 3 N–H and O–H groups in total. The van der Waals surface area contributed by atoms with Gasteiger partial charge >= 0.3 is 5.97 Å². The maximum atomic E-state index is 12.8. The summed E-state index contributed by atoms with van der Waals surface area (Å²) in [6, 6.07) is 7.18. The maximum absolute atomic E-state index is 12.8. The molecule has 2 aromatic heterocycles. The molecule has 0 atom stereocenters. The minimum atomic E-state index is -1.12. The van der Waals surface area contributed by atoms with Gasteiger partial charge in [-0.3, -0.25) is 29.1 Å². The molecule has 0 bridgehead atoms. The Hall–Kier alpha value is -4.01. The number of carboxylic acids is 1. The minimum Gasteiger partial charge on any atom is -0.478 e. The fourth-order valence-corrected chi connectivity index (χ4v) is 3.36. The van der Waals surface area contributed by atoms with Crippen LogP contribution >= 0.6 is 0 Å². The average Bonchev–Trinajstić information content (AvgIpc) is 3.14. The molecule has 0 saturated carbocycles. The van der Waals surface area contributed by atoms with Crippen molar-refractivity contribution in [3.8, 4) is 11.4 Å². The Morgan fingerprint density at radius 2 is 1.77 bits per heavy atom. The van der Waals surface area contributed by atoms with Crippen molar-refractivity contribution in [1.29, 1.82) is 0 Å². The van der Waals surface area contributed by atoms with E-state index in [1.807, 2.05) is 0 Å². The lowest BCUT2D eigenvalue weighted by Gasteiger charge is -2.01. The van der Waals surface area contributed by atoms with Crippen molar-refractivity contribution in [2.24, 2.45) is 0 Å². The van der Waals surface area contributed by atoms with E-state index >= 15 is 0 Å². The van der Waals surface area contributed by atoms with Gasteiger partial charge in [0.15, 0.2) is 0 Å². The molecular weight excluding hydrogens is 340 g/mol. The number of carboxylic acid groups (broad SMARTS) is 1. The number of carbonyl (C=O) groups excluding carboxylic acids is 1. The number of aromatic carboxylic acids is 1. The number of benzene rings is 2. The number of hydrogen-bond donors (Lipinski definition) is 3. The lowest BCUT2D eigenvalue weighted by Crippen LogP contribution is -2.19. The fraction of sp³-hybridized carbons (Fsp3) is 0. The molecular formula is C17H8N4O5. The van der Waals surface area contributed by atoms with Crippen LogP contribution in [0.25, 0.3) is 33.2 Å². The van der Waals surface area contributed by atoms with Crippen LogP contribution in [-0.2, 0) is 0 Å². The Morgan fingerprint density at radius 3 is 2.54 bits per heavy atom. The van der Waals surface area contributed by atoms with Gasteiger partial charge in [0.1, 0.15) is 11.3 Å². The predicted octanol–water partition coefficient (Wildman–Crippen LogP) is 0.933. The third kappa shape index (κ3) is 1.61. The van der Waals surface area contributed by atoms with Crippen LogP contribution < -0.4 is 11.1 Å². The van der Waals surface area contributed by atoms with Crippen molar-refractivity contribution in [2.75, 3.05) is 0 Å². The molecule has 126 valence electrons. The first kappa shape index (κ1) is 14.3. The molecule has 0 amide bonds. The monoisotopic (exact) mass is 348 g/mol. The molecule has 3 heterocycles. The molecule has 0 unspecified atom stereocenters. The zero-order chi connectivity index (χ0) is 18.2. The Labute approximate surface area is 142 Å². The Kier molecular flexibility index (Phi) is 2.50. The van der Waals surface area contributed by atoms with E-state index in [-0.39, 0.29) is 33.6 Å². The third-order valence-corrected chi connectivity index (χ3v) is 4.53. The molecule has 0 spiro atoms. The molecule has 0 radical (unpaired) electrons. The standard InChI is InChI=1S/C17H8N4O5/c22-14-8-3-4-10-12(11(8)15(23)20-19-14)18-13-9-5-6(17(25)26)1-2-7(9)16(24)21(10)13/h1-5H,(H,19,22)(H,20,23)(H,25,26). The smallest absolute Gasteiger partial charge is 0.335 e. The Bertz CT molecular complexity index is 1420. The second-order valence-electron chi connectivity index (χ2n) is 5.91. The van der Waals surface area contributed by atoms with Crippen molar-refractivity contribution in [2.45, 2.75) is 0 Å². The van der Waals surface area contributed by atoms with E-state index in [2.05, 4.69) is 15.2 Å². The maximum Gasteiger partial charge on any atom is 0.335 e. The van der Waals surface area contributed by atoms with Crippen molar-refractivity contribution in [3.63, 3.8) is 0 Å². The number of carbonyl (C=O) groups is 2. The normalized spacial score (nSPS) is 12.5. The molecule has 0 aliphatic carbocycles. The number of nitrogens with zero attached hydrogens (tertiary/aromatic N) is 2. The average molecular weight is 348 g/mol. The summed E-state index contributed by atoms with van der Waals surface area (Å²) in [4.78, 5) is 52.5. The van der Waals surface area contributed by atoms with Gasteiger partial charge in [-0.05, 0) is 30.3 Å². The van der Waals surface area contributed by atoms with E-state index in [1.54, 1.807) is 6.07 Å². The molecule has 4 aromatic rings. The molecule has 26 heavy (non-hydrogen) atoms. The summed E-state index contributed by atoms with van der Waals surface area (Å²) in [5.41, 5.74) is 0.311. The first-order valence-electron chi connectivity index (χ1n) is 7.56. The van der Waals surface area contributed by atoms with Crippen LogP contribution in [-0.4, -0.2) is 36.7 Å². The highest BCUT2D eigenvalue weighted by Crippen LogP contribution is 2.36. The number of aromatic amines is 2. The van der Waals surface area contributed by atoms with Crippen molar-refractivity contribution in [3.05, 3.63) is 62.2 Å². The third-order valence-electron chi connectivity index (χ3n) is 4.53. The number of hydrogen-bond acceptors (Lipinski definition) is 5. The Balaban J connectivity index is 1.95. The molecule has 1 aliphatic heterocycles. The molecule has 1 aliphatic rings. The van der Waals surface area contributed by atoms with Gasteiger partial charge in [0.05, 0.1) is 27.4 Å². The van der Waals surface area contributed by atoms with E-state index < -0.39 is 17.1 Å². The van der Waals surface area contributed by atoms with E-state index in [9.17, 15) is 24.3 Å². The highest BCUT2D eigenvalue weighted by Gasteiger charge is 2.31. The van der Waals surface area contributed by atoms with Crippen LogP contribution in [0.1, 0.15) is 20.7 Å². The van der Waals surface area contributed by atoms with Crippen LogP contribution in [0.4, 0.5) is 0 Å². The summed E-state index contributed by atoms with van der Waals surface area (Å²) in [6.45, 7) is 0. The van der Waals surface area contributed by atoms with Crippen molar-refractivity contribution >= 4 is 33.7 Å². The summed E-state index contributed by atoms with van der Waals surface area (Å²) in [5.74, 6) is -1.24. The second-order valence-corrected chi connectivity index (χ2v) is 5.91. The summed E-state index contributed by atoms with van der Waals surface area (Å²) in [5, 5.41) is 13.9. The number of H-pyrrole nitrogens is 2. The lowest BCUT2D eigenvalue weighted by molar-refractivity contribution is 0.0696.